The summed E-state index contributed by atoms with van der Waals surface area (Å²) in [6, 6.07) is 8.34. The SMILES string of the molecule is NC(=O)c1ccc(Sc2nc3cc(N)ccc3o2)nn1. The fourth-order valence-electron chi connectivity index (χ4n) is 1.56. The normalized spacial score (nSPS) is 10.8. The van der Waals surface area contributed by atoms with Gasteiger partial charge in [0.15, 0.2) is 11.3 Å². The van der Waals surface area contributed by atoms with Crippen molar-refractivity contribution in [3.05, 3.63) is 36.0 Å². The van der Waals surface area contributed by atoms with Crippen LogP contribution in [-0.2, 0) is 0 Å². The van der Waals surface area contributed by atoms with Crippen LogP contribution in [0.5, 0.6) is 0 Å². The highest BCUT2D eigenvalue weighted by molar-refractivity contribution is 7.99. The number of carbonyl (C=O) groups is 1. The van der Waals surface area contributed by atoms with Crippen molar-refractivity contribution in [3.63, 3.8) is 0 Å². The number of nitrogen functional groups attached to an aromatic ring is 1. The molecule has 0 unspecified atom stereocenters. The summed E-state index contributed by atoms with van der Waals surface area (Å²) in [5.74, 6) is -0.619. The molecule has 2 heterocycles. The van der Waals surface area contributed by atoms with E-state index in [0.29, 0.717) is 27.0 Å². The summed E-state index contributed by atoms with van der Waals surface area (Å²) in [5, 5.41) is 8.55. The average Bonchev–Trinajstić information content (AvgIpc) is 2.80. The van der Waals surface area contributed by atoms with Crippen LogP contribution in [-0.4, -0.2) is 21.1 Å². The number of carbonyl (C=O) groups excluding carboxylic acids is 1. The zero-order valence-corrected chi connectivity index (χ0v) is 10.9. The van der Waals surface area contributed by atoms with Gasteiger partial charge in [-0.2, -0.15) is 0 Å². The number of aromatic nitrogens is 3. The molecule has 0 aliphatic heterocycles. The minimum Gasteiger partial charge on any atom is -0.431 e. The lowest BCUT2D eigenvalue weighted by atomic mass is 10.3. The summed E-state index contributed by atoms with van der Waals surface area (Å²) in [4.78, 5) is 15.2. The van der Waals surface area contributed by atoms with Gasteiger partial charge >= 0.3 is 0 Å². The van der Waals surface area contributed by atoms with Crippen molar-refractivity contribution in [2.75, 3.05) is 5.73 Å². The molecule has 7 nitrogen and oxygen atoms in total. The predicted octanol–water partition coefficient (Wildman–Crippen LogP) is 1.45. The van der Waals surface area contributed by atoms with E-state index < -0.39 is 5.91 Å². The fraction of sp³-hybridized carbons (Fsp3) is 0. The molecular formula is C12H9N5O2S. The molecule has 0 spiro atoms. The molecule has 8 heteroatoms. The molecule has 0 saturated carbocycles. The first-order valence-corrected chi connectivity index (χ1v) is 6.41. The number of fused-ring (bicyclic) bond motifs is 1. The first kappa shape index (κ1) is 12.4. The van der Waals surface area contributed by atoms with Gasteiger partial charge < -0.3 is 15.9 Å². The third kappa shape index (κ3) is 2.41. The van der Waals surface area contributed by atoms with Crippen LogP contribution in [0.2, 0.25) is 0 Å². The summed E-state index contributed by atoms with van der Waals surface area (Å²) < 4.78 is 5.54. The number of nitrogens with zero attached hydrogens (tertiary/aromatic N) is 3. The van der Waals surface area contributed by atoms with Crippen LogP contribution in [0, 0.1) is 0 Å². The molecule has 0 aliphatic rings. The Morgan fingerprint density at radius 1 is 1.20 bits per heavy atom. The molecular weight excluding hydrogens is 278 g/mol. The van der Waals surface area contributed by atoms with Crippen molar-refractivity contribution in [2.45, 2.75) is 10.2 Å². The van der Waals surface area contributed by atoms with Gasteiger partial charge in [-0.15, -0.1) is 10.2 Å². The largest absolute Gasteiger partial charge is 0.431 e. The Bertz CT molecular complexity index is 784. The molecule has 0 atom stereocenters. The Kier molecular flexibility index (Phi) is 2.99. The number of rotatable bonds is 3. The third-order valence-electron chi connectivity index (χ3n) is 2.48. The number of benzene rings is 1. The minimum atomic E-state index is -0.619. The van der Waals surface area contributed by atoms with Crippen molar-refractivity contribution in [2.24, 2.45) is 5.73 Å². The van der Waals surface area contributed by atoms with Gasteiger partial charge in [-0.25, -0.2) is 4.98 Å². The Balaban J connectivity index is 1.87. The van der Waals surface area contributed by atoms with E-state index in [1.54, 1.807) is 24.3 Å². The van der Waals surface area contributed by atoms with E-state index in [9.17, 15) is 4.79 Å². The van der Waals surface area contributed by atoms with E-state index in [1.165, 1.54) is 17.8 Å². The molecule has 0 aliphatic carbocycles. The lowest BCUT2D eigenvalue weighted by Gasteiger charge is -1.96. The Morgan fingerprint density at radius 3 is 2.75 bits per heavy atom. The van der Waals surface area contributed by atoms with Gasteiger partial charge in [0.05, 0.1) is 0 Å². The smallest absolute Gasteiger partial charge is 0.269 e. The van der Waals surface area contributed by atoms with Gasteiger partial charge in [-0.1, -0.05) is 0 Å². The van der Waals surface area contributed by atoms with Gasteiger partial charge in [0.1, 0.15) is 10.5 Å². The minimum absolute atomic E-state index is 0.111. The van der Waals surface area contributed by atoms with Gasteiger partial charge in [0.25, 0.3) is 11.1 Å². The molecule has 2 aromatic heterocycles. The van der Waals surface area contributed by atoms with Crippen LogP contribution < -0.4 is 11.5 Å². The molecule has 20 heavy (non-hydrogen) atoms. The maximum Gasteiger partial charge on any atom is 0.269 e. The van der Waals surface area contributed by atoms with Crippen molar-refractivity contribution < 1.29 is 9.21 Å². The number of nitrogens with two attached hydrogens (primary N) is 2. The molecule has 0 radical (unpaired) electrons. The van der Waals surface area contributed by atoms with E-state index in [0.717, 1.165) is 0 Å². The maximum atomic E-state index is 10.9. The summed E-state index contributed by atoms with van der Waals surface area (Å²) in [6.45, 7) is 0. The maximum absolute atomic E-state index is 10.9. The molecule has 3 rings (SSSR count). The lowest BCUT2D eigenvalue weighted by molar-refractivity contribution is 0.0994. The summed E-state index contributed by atoms with van der Waals surface area (Å²) >= 11 is 1.20. The number of hydrogen-bond donors (Lipinski definition) is 2. The topological polar surface area (TPSA) is 121 Å². The van der Waals surface area contributed by atoms with E-state index >= 15 is 0 Å². The molecule has 1 amide bonds. The van der Waals surface area contributed by atoms with Crippen LogP contribution in [0.4, 0.5) is 5.69 Å². The van der Waals surface area contributed by atoms with Gasteiger partial charge in [0.2, 0.25) is 0 Å². The molecule has 0 fully saturated rings. The molecule has 0 bridgehead atoms. The fourth-order valence-corrected chi connectivity index (χ4v) is 2.23. The highest BCUT2D eigenvalue weighted by atomic mass is 32.2. The van der Waals surface area contributed by atoms with Crippen LogP contribution in [0.1, 0.15) is 10.5 Å². The number of anilines is 1. The summed E-state index contributed by atoms with van der Waals surface area (Å²) in [7, 11) is 0. The number of oxazole rings is 1. The van der Waals surface area contributed by atoms with Crippen molar-refractivity contribution in [1.82, 2.24) is 15.2 Å². The summed E-state index contributed by atoms with van der Waals surface area (Å²) in [6.07, 6.45) is 0. The second-order valence-corrected chi connectivity index (χ2v) is 4.90. The molecule has 3 aromatic rings. The van der Waals surface area contributed by atoms with Crippen molar-refractivity contribution in [1.29, 1.82) is 0 Å². The zero-order valence-electron chi connectivity index (χ0n) is 10.1. The Morgan fingerprint density at radius 2 is 2.05 bits per heavy atom. The average molecular weight is 287 g/mol. The van der Waals surface area contributed by atoms with Crippen LogP contribution in [0.3, 0.4) is 0 Å². The predicted molar refractivity (Wildman–Crippen MR) is 73.1 cm³/mol. The Labute approximate surface area is 117 Å². The Hall–Kier alpha value is -2.61. The van der Waals surface area contributed by atoms with Gasteiger partial charge in [0, 0.05) is 5.69 Å². The van der Waals surface area contributed by atoms with Crippen LogP contribution >= 0.6 is 11.8 Å². The second kappa shape index (κ2) is 4.82. The number of primary amides is 1. The van der Waals surface area contributed by atoms with Gasteiger partial charge in [-0.3, -0.25) is 4.79 Å². The standard InChI is InChI=1S/C12H9N5O2S/c13-6-1-3-9-8(5-6)15-12(19-9)20-10-4-2-7(11(14)18)16-17-10/h1-5H,13H2,(H2,14,18). The second-order valence-electron chi connectivity index (χ2n) is 3.93. The monoisotopic (exact) mass is 287 g/mol. The van der Waals surface area contributed by atoms with E-state index in [2.05, 4.69) is 15.2 Å². The van der Waals surface area contributed by atoms with E-state index in [1.807, 2.05) is 0 Å². The quantitative estimate of drug-likeness (QED) is 0.699. The molecule has 1 aromatic carbocycles. The lowest BCUT2D eigenvalue weighted by Crippen LogP contribution is -2.13. The highest BCUT2D eigenvalue weighted by Gasteiger charge is 2.10. The molecule has 4 N–H and O–H groups in total. The number of amides is 1. The molecule has 0 saturated heterocycles. The van der Waals surface area contributed by atoms with E-state index in [4.69, 9.17) is 15.9 Å². The molecule has 100 valence electrons. The van der Waals surface area contributed by atoms with Crippen molar-refractivity contribution >= 4 is 34.5 Å². The first-order chi connectivity index (χ1) is 9.61. The van der Waals surface area contributed by atoms with Gasteiger partial charge in [-0.05, 0) is 42.1 Å². The van der Waals surface area contributed by atoms with E-state index in [-0.39, 0.29) is 5.69 Å². The number of hydrogen-bond acceptors (Lipinski definition) is 7. The highest BCUT2D eigenvalue weighted by Crippen LogP contribution is 2.28. The third-order valence-corrected chi connectivity index (χ3v) is 3.25. The van der Waals surface area contributed by atoms with Crippen molar-refractivity contribution in [3.8, 4) is 0 Å². The van der Waals surface area contributed by atoms with Crippen LogP contribution in [0.25, 0.3) is 11.1 Å². The zero-order chi connectivity index (χ0) is 14.1. The van der Waals surface area contributed by atoms with Crippen LogP contribution in [0.15, 0.2) is 45.0 Å². The first-order valence-electron chi connectivity index (χ1n) is 5.59. The summed E-state index contributed by atoms with van der Waals surface area (Å²) in [5.41, 5.74) is 12.8.